The summed E-state index contributed by atoms with van der Waals surface area (Å²) in [7, 11) is 1.15. The minimum atomic E-state index is -1.82. The van der Waals surface area contributed by atoms with E-state index in [2.05, 4.69) is 36.6 Å². The van der Waals surface area contributed by atoms with Gasteiger partial charge in [-0.25, -0.2) is 4.79 Å². The quantitative estimate of drug-likeness (QED) is 0.455. The fourth-order valence-electron chi connectivity index (χ4n) is 1.39. The monoisotopic (exact) mass is 247 g/mol. The van der Waals surface area contributed by atoms with E-state index >= 15 is 0 Å². The van der Waals surface area contributed by atoms with Gasteiger partial charge in [-0.05, 0) is 12.1 Å². The van der Waals surface area contributed by atoms with Gasteiger partial charge in [0.15, 0.2) is 0 Å². The van der Waals surface area contributed by atoms with Crippen molar-refractivity contribution in [3.63, 3.8) is 0 Å². The topological polar surface area (TPSA) is 35.5 Å². The van der Waals surface area contributed by atoms with Crippen LogP contribution in [0.25, 0.3) is 0 Å². The second-order valence-electron chi connectivity index (χ2n) is 3.76. The van der Waals surface area contributed by atoms with Crippen LogP contribution in [0.3, 0.4) is 0 Å². The maximum absolute atomic E-state index is 11.3. The number of rotatable bonds is 5. The van der Waals surface area contributed by atoms with Gasteiger partial charge >= 0.3 is 5.97 Å². The molecule has 0 unspecified atom stereocenters. The average Bonchev–Trinajstić information content (AvgIpc) is 2.38. The van der Waals surface area contributed by atoms with Crippen molar-refractivity contribution in [2.45, 2.75) is 6.55 Å². The van der Waals surface area contributed by atoms with Gasteiger partial charge in [-0.2, -0.15) is 4.89 Å². The number of hydrogen-bond acceptors (Lipinski definition) is 3. The lowest BCUT2D eigenvalue weighted by molar-refractivity contribution is -0.195. The van der Waals surface area contributed by atoms with Crippen molar-refractivity contribution in [2.75, 3.05) is 0 Å². The van der Waals surface area contributed by atoms with Crippen molar-refractivity contribution in [2.24, 2.45) is 0 Å². The third-order valence-electron chi connectivity index (χ3n) is 2.73. The minimum absolute atomic E-state index is 0.418. The fraction of sp³-hybridized carbons (Fsp3) is 0.0769. The lowest BCUT2D eigenvalue weighted by atomic mass is 10.2. The molecule has 0 amide bonds. The predicted octanol–water partition coefficient (Wildman–Crippen LogP) is 2.30. The standard InChI is InChI=1S/C13H15O3Si/c1-5-17(4,6-2)12-9-7-11(8-10-12)13(14)16-15-3/h5-10H,1-3H2,4H3. The SMILES string of the molecule is [CH2]OOC(=O)c1ccc([Si](C)(C=C)C=C)cc1. The first-order valence-corrected chi connectivity index (χ1v) is 7.73. The summed E-state index contributed by atoms with van der Waals surface area (Å²) < 4.78 is 0. The Morgan fingerprint density at radius 2 is 1.76 bits per heavy atom. The molecule has 1 rings (SSSR count). The Bertz CT molecular complexity index is 415. The predicted molar refractivity (Wildman–Crippen MR) is 69.9 cm³/mol. The Morgan fingerprint density at radius 3 is 2.18 bits per heavy atom. The molecule has 17 heavy (non-hydrogen) atoms. The van der Waals surface area contributed by atoms with Crippen molar-refractivity contribution in [3.05, 3.63) is 61.5 Å². The molecule has 4 heteroatoms. The van der Waals surface area contributed by atoms with Crippen LogP contribution in [-0.2, 0) is 9.78 Å². The number of carbonyl (C=O) groups excluding carboxylic acids is 1. The van der Waals surface area contributed by atoms with E-state index in [1.54, 1.807) is 12.1 Å². The van der Waals surface area contributed by atoms with Crippen LogP contribution in [0.4, 0.5) is 0 Å². The van der Waals surface area contributed by atoms with Gasteiger partial charge in [-0.15, -0.1) is 13.2 Å². The Morgan fingerprint density at radius 1 is 1.24 bits per heavy atom. The van der Waals surface area contributed by atoms with Crippen molar-refractivity contribution in [1.82, 2.24) is 0 Å². The zero-order valence-corrected chi connectivity index (χ0v) is 10.8. The van der Waals surface area contributed by atoms with Crippen LogP contribution < -0.4 is 5.19 Å². The summed E-state index contributed by atoms with van der Waals surface area (Å²) in [4.78, 5) is 19.7. The molecule has 0 aliphatic heterocycles. The molecule has 0 spiro atoms. The van der Waals surface area contributed by atoms with Crippen molar-refractivity contribution < 1.29 is 14.6 Å². The molecule has 0 fully saturated rings. The summed E-state index contributed by atoms with van der Waals surface area (Å²) in [5.41, 5.74) is 4.29. The van der Waals surface area contributed by atoms with Gasteiger partial charge in [0.25, 0.3) is 0 Å². The van der Waals surface area contributed by atoms with Crippen LogP contribution in [0.15, 0.2) is 48.8 Å². The van der Waals surface area contributed by atoms with Crippen LogP contribution in [0.2, 0.25) is 6.55 Å². The lowest BCUT2D eigenvalue weighted by Gasteiger charge is -2.18. The van der Waals surface area contributed by atoms with E-state index in [0.29, 0.717) is 5.56 Å². The first kappa shape index (κ1) is 13.4. The second-order valence-corrected chi connectivity index (χ2v) is 7.72. The molecule has 0 bridgehead atoms. The Balaban J connectivity index is 2.99. The van der Waals surface area contributed by atoms with Gasteiger partial charge < -0.3 is 0 Å². The highest BCUT2D eigenvalue weighted by Crippen LogP contribution is 2.08. The fourth-order valence-corrected chi connectivity index (χ4v) is 2.91. The molecule has 0 heterocycles. The van der Waals surface area contributed by atoms with Crippen molar-refractivity contribution >= 4 is 19.2 Å². The second kappa shape index (κ2) is 5.61. The summed E-state index contributed by atoms with van der Waals surface area (Å²) >= 11 is 0. The number of carbonyl (C=O) groups is 1. The van der Waals surface area contributed by atoms with E-state index in [4.69, 9.17) is 0 Å². The highest BCUT2D eigenvalue weighted by molar-refractivity contribution is 6.98. The van der Waals surface area contributed by atoms with Crippen LogP contribution in [0.1, 0.15) is 10.4 Å². The summed E-state index contributed by atoms with van der Waals surface area (Å²) in [6.45, 7) is 9.80. The minimum Gasteiger partial charge on any atom is -0.293 e. The first-order chi connectivity index (χ1) is 8.07. The number of benzene rings is 1. The van der Waals surface area contributed by atoms with Crippen molar-refractivity contribution in [1.29, 1.82) is 0 Å². The smallest absolute Gasteiger partial charge is 0.293 e. The maximum atomic E-state index is 11.3. The third-order valence-corrected chi connectivity index (χ3v) is 6.00. The molecule has 0 saturated carbocycles. The molecule has 0 atom stereocenters. The molecule has 1 radical (unpaired) electrons. The first-order valence-electron chi connectivity index (χ1n) is 5.08. The normalized spacial score (nSPS) is 10.7. The van der Waals surface area contributed by atoms with E-state index < -0.39 is 14.0 Å². The molecule has 1 aromatic carbocycles. The van der Waals surface area contributed by atoms with E-state index in [-0.39, 0.29) is 0 Å². The van der Waals surface area contributed by atoms with Gasteiger partial charge in [0.2, 0.25) is 0 Å². The molecule has 0 saturated heterocycles. The maximum Gasteiger partial charge on any atom is 0.373 e. The Hall–Kier alpha value is -1.65. The van der Waals surface area contributed by atoms with E-state index in [9.17, 15) is 4.79 Å². The lowest BCUT2D eigenvalue weighted by Crippen LogP contribution is -2.40. The van der Waals surface area contributed by atoms with Crippen LogP contribution in [0, 0.1) is 7.11 Å². The molecule has 0 N–H and O–H groups in total. The van der Waals surface area contributed by atoms with Crippen molar-refractivity contribution in [3.8, 4) is 0 Å². The zero-order chi connectivity index (χ0) is 12.9. The summed E-state index contributed by atoms with van der Waals surface area (Å²) in [6, 6.07) is 7.15. The van der Waals surface area contributed by atoms with Gasteiger partial charge in [-0.1, -0.05) is 35.3 Å². The van der Waals surface area contributed by atoms with Crippen LogP contribution in [-0.4, -0.2) is 14.0 Å². The molecule has 0 aliphatic rings. The molecule has 0 aliphatic carbocycles. The molecule has 0 aromatic heterocycles. The Labute approximate surface area is 102 Å². The highest BCUT2D eigenvalue weighted by Gasteiger charge is 2.21. The van der Waals surface area contributed by atoms with Gasteiger partial charge in [-0.3, -0.25) is 4.89 Å². The van der Waals surface area contributed by atoms with E-state index in [1.807, 2.05) is 23.5 Å². The average molecular weight is 247 g/mol. The Kier molecular flexibility index (Phi) is 4.42. The van der Waals surface area contributed by atoms with E-state index in [0.717, 1.165) is 5.19 Å². The molecule has 89 valence electrons. The van der Waals surface area contributed by atoms with E-state index in [1.165, 1.54) is 0 Å². The zero-order valence-electron chi connectivity index (χ0n) is 9.81. The summed E-state index contributed by atoms with van der Waals surface area (Å²) in [5, 5.41) is 1.13. The van der Waals surface area contributed by atoms with Gasteiger partial charge in [0.05, 0.1) is 5.56 Å². The van der Waals surface area contributed by atoms with Crippen LogP contribution in [0.5, 0.6) is 0 Å². The summed E-state index contributed by atoms with van der Waals surface area (Å²) in [5.74, 6) is -0.563. The molecule has 3 nitrogen and oxygen atoms in total. The van der Waals surface area contributed by atoms with Crippen LogP contribution >= 0.6 is 0 Å². The van der Waals surface area contributed by atoms with Gasteiger partial charge in [0.1, 0.15) is 15.2 Å². The van der Waals surface area contributed by atoms with Gasteiger partial charge in [0, 0.05) is 0 Å². The molecular weight excluding hydrogens is 232 g/mol. The highest BCUT2D eigenvalue weighted by atomic mass is 28.3. The number of hydrogen-bond donors (Lipinski definition) is 0. The summed E-state index contributed by atoms with van der Waals surface area (Å²) in [6.07, 6.45) is 0. The largest absolute Gasteiger partial charge is 0.373 e. The molecule has 1 aromatic rings. The molecular formula is C13H15O3Si. The third kappa shape index (κ3) is 2.92.